The number of carboxylic acids is 1. The van der Waals surface area contributed by atoms with Crippen LogP contribution in [0.2, 0.25) is 0 Å². The molecule has 1 aromatic heterocycles. The molecule has 0 fully saturated rings. The molecule has 0 amide bonds. The van der Waals surface area contributed by atoms with Gasteiger partial charge in [-0.15, -0.1) is 0 Å². The largest absolute Gasteiger partial charge is 0.477 e. The summed E-state index contributed by atoms with van der Waals surface area (Å²) in [6.07, 6.45) is 1.04. The van der Waals surface area contributed by atoms with E-state index in [0.29, 0.717) is 5.56 Å². The average Bonchev–Trinajstić information content (AvgIpc) is 2.89. The van der Waals surface area contributed by atoms with E-state index >= 15 is 0 Å². The van der Waals surface area contributed by atoms with Gasteiger partial charge in [0.2, 0.25) is 0 Å². The second-order valence-electron chi connectivity index (χ2n) is 5.02. The monoisotopic (exact) mass is 269 g/mol. The summed E-state index contributed by atoms with van der Waals surface area (Å²) in [6.45, 7) is 1.87. The average molecular weight is 269 g/mol. The standard InChI is InChI=1S/C16H15NO3/c1-9-7-13(15(16(19)20)17(9)2)12-8-14(18)11-6-4-3-5-10(11)12/h3-8,14,18H,1-2H3,(H,19,20). The SMILES string of the molecule is Cc1cc(C2=CC(O)c3ccccc32)c(C(=O)O)n1C. The van der Waals surface area contributed by atoms with Gasteiger partial charge in [-0.25, -0.2) is 4.79 Å². The van der Waals surface area contributed by atoms with Gasteiger partial charge < -0.3 is 14.8 Å². The molecule has 2 aromatic rings. The lowest BCUT2D eigenvalue weighted by molar-refractivity contribution is 0.0686. The number of fused-ring (bicyclic) bond motifs is 1. The summed E-state index contributed by atoms with van der Waals surface area (Å²) in [4.78, 5) is 11.5. The van der Waals surface area contributed by atoms with Crippen molar-refractivity contribution in [3.63, 3.8) is 0 Å². The number of benzene rings is 1. The quantitative estimate of drug-likeness (QED) is 0.880. The Balaban J connectivity index is 2.24. The predicted molar refractivity (Wildman–Crippen MR) is 75.6 cm³/mol. The van der Waals surface area contributed by atoms with Gasteiger partial charge in [0.15, 0.2) is 0 Å². The number of hydrogen-bond donors (Lipinski definition) is 2. The molecule has 1 unspecified atom stereocenters. The van der Waals surface area contributed by atoms with Gasteiger partial charge in [-0.1, -0.05) is 24.3 Å². The molecule has 4 nitrogen and oxygen atoms in total. The minimum Gasteiger partial charge on any atom is -0.477 e. The highest BCUT2D eigenvalue weighted by Gasteiger charge is 2.27. The predicted octanol–water partition coefficient (Wildman–Crippen LogP) is 2.51. The van der Waals surface area contributed by atoms with Crippen molar-refractivity contribution in [1.29, 1.82) is 0 Å². The van der Waals surface area contributed by atoms with E-state index in [2.05, 4.69) is 0 Å². The van der Waals surface area contributed by atoms with Crippen molar-refractivity contribution in [3.8, 4) is 0 Å². The van der Waals surface area contributed by atoms with Crippen LogP contribution < -0.4 is 0 Å². The number of carboxylic acid groups (broad SMARTS) is 1. The van der Waals surface area contributed by atoms with Crippen molar-refractivity contribution in [2.75, 3.05) is 0 Å². The zero-order valence-corrected chi connectivity index (χ0v) is 11.3. The highest BCUT2D eigenvalue weighted by Crippen LogP contribution is 2.39. The molecule has 1 aliphatic carbocycles. The molecule has 1 heterocycles. The number of nitrogens with zero attached hydrogens (tertiary/aromatic N) is 1. The topological polar surface area (TPSA) is 62.5 Å². The third-order valence-corrected chi connectivity index (χ3v) is 3.86. The maximum absolute atomic E-state index is 11.5. The fraction of sp³-hybridized carbons (Fsp3) is 0.188. The number of rotatable bonds is 2. The third-order valence-electron chi connectivity index (χ3n) is 3.86. The molecule has 1 atom stereocenters. The molecule has 4 heteroatoms. The van der Waals surface area contributed by atoms with Gasteiger partial charge in [0.05, 0.1) is 6.10 Å². The lowest BCUT2D eigenvalue weighted by atomic mass is 9.99. The second-order valence-corrected chi connectivity index (χ2v) is 5.02. The summed E-state index contributed by atoms with van der Waals surface area (Å²) in [5.74, 6) is -0.963. The highest BCUT2D eigenvalue weighted by atomic mass is 16.4. The molecule has 0 aliphatic heterocycles. The van der Waals surface area contributed by atoms with Crippen LogP contribution >= 0.6 is 0 Å². The van der Waals surface area contributed by atoms with Crippen molar-refractivity contribution >= 4 is 11.5 Å². The summed E-state index contributed by atoms with van der Waals surface area (Å²) in [6, 6.07) is 9.38. The van der Waals surface area contributed by atoms with E-state index < -0.39 is 12.1 Å². The third kappa shape index (κ3) is 1.69. The zero-order chi connectivity index (χ0) is 14.4. The molecule has 1 aromatic carbocycles. The molecule has 1 aliphatic rings. The van der Waals surface area contributed by atoms with Crippen LogP contribution in [0.4, 0.5) is 0 Å². The number of aliphatic hydroxyl groups is 1. The van der Waals surface area contributed by atoms with Gasteiger partial charge in [-0.05, 0) is 35.8 Å². The van der Waals surface area contributed by atoms with Crippen molar-refractivity contribution in [2.24, 2.45) is 7.05 Å². The highest BCUT2D eigenvalue weighted by molar-refractivity contribution is 5.97. The van der Waals surface area contributed by atoms with Crippen LogP contribution in [0.3, 0.4) is 0 Å². The molecular weight excluding hydrogens is 254 g/mol. The Morgan fingerprint density at radius 2 is 1.95 bits per heavy atom. The number of hydrogen-bond acceptors (Lipinski definition) is 2. The summed E-state index contributed by atoms with van der Waals surface area (Å²) in [7, 11) is 1.74. The van der Waals surface area contributed by atoms with Crippen LogP contribution in [0, 0.1) is 6.92 Å². The Hall–Kier alpha value is -2.33. The van der Waals surface area contributed by atoms with E-state index in [1.54, 1.807) is 17.7 Å². The van der Waals surface area contributed by atoms with Gasteiger partial charge in [-0.3, -0.25) is 0 Å². The number of aryl methyl sites for hydroxylation is 1. The van der Waals surface area contributed by atoms with Crippen molar-refractivity contribution in [2.45, 2.75) is 13.0 Å². The first-order valence-corrected chi connectivity index (χ1v) is 6.40. The van der Waals surface area contributed by atoms with Crippen molar-refractivity contribution < 1.29 is 15.0 Å². The molecule has 0 bridgehead atoms. The van der Waals surface area contributed by atoms with Gasteiger partial charge in [-0.2, -0.15) is 0 Å². The van der Waals surface area contributed by atoms with E-state index in [-0.39, 0.29) is 5.69 Å². The van der Waals surface area contributed by atoms with Crippen LogP contribution in [0.5, 0.6) is 0 Å². The fourth-order valence-electron chi connectivity index (χ4n) is 2.77. The first-order valence-electron chi connectivity index (χ1n) is 6.40. The van der Waals surface area contributed by atoms with Crippen LogP contribution in [0.25, 0.3) is 5.57 Å². The number of aromatic carboxylic acids is 1. The summed E-state index contributed by atoms with van der Waals surface area (Å²) < 4.78 is 1.66. The smallest absolute Gasteiger partial charge is 0.353 e. The lowest BCUT2D eigenvalue weighted by Gasteiger charge is -2.07. The van der Waals surface area contributed by atoms with Crippen LogP contribution in [0.15, 0.2) is 36.4 Å². The first kappa shape index (κ1) is 12.7. The fourth-order valence-corrected chi connectivity index (χ4v) is 2.77. The molecular formula is C16H15NO3. The van der Waals surface area contributed by atoms with Gasteiger partial charge in [0.1, 0.15) is 5.69 Å². The lowest BCUT2D eigenvalue weighted by Crippen LogP contribution is -2.08. The maximum atomic E-state index is 11.5. The Morgan fingerprint density at radius 1 is 1.25 bits per heavy atom. The first-order chi connectivity index (χ1) is 9.50. The van der Waals surface area contributed by atoms with Crippen molar-refractivity contribution in [3.05, 3.63) is 64.5 Å². The van der Waals surface area contributed by atoms with Crippen LogP contribution in [-0.4, -0.2) is 20.7 Å². The molecule has 2 N–H and O–H groups in total. The number of carbonyl (C=O) groups is 1. The minimum atomic E-state index is -0.963. The van der Waals surface area contributed by atoms with Gasteiger partial charge >= 0.3 is 5.97 Å². The molecule has 20 heavy (non-hydrogen) atoms. The van der Waals surface area contributed by atoms with E-state index in [4.69, 9.17) is 0 Å². The minimum absolute atomic E-state index is 0.248. The Morgan fingerprint density at radius 3 is 2.65 bits per heavy atom. The zero-order valence-electron chi connectivity index (χ0n) is 11.3. The molecule has 0 saturated heterocycles. The van der Waals surface area contributed by atoms with Crippen molar-refractivity contribution in [1.82, 2.24) is 4.57 Å². The molecule has 0 saturated carbocycles. The maximum Gasteiger partial charge on any atom is 0.353 e. The van der Waals surface area contributed by atoms with Crippen LogP contribution in [-0.2, 0) is 7.05 Å². The second kappa shape index (κ2) is 4.35. The summed E-state index contributed by atoms with van der Waals surface area (Å²) in [5, 5.41) is 19.5. The number of aliphatic hydroxyl groups excluding tert-OH is 1. The Kier molecular flexibility index (Phi) is 2.76. The molecule has 0 spiro atoms. The Bertz CT molecular complexity index is 740. The van der Waals surface area contributed by atoms with Gasteiger partial charge in [0.25, 0.3) is 0 Å². The van der Waals surface area contributed by atoms with Crippen LogP contribution in [0.1, 0.15) is 39.0 Å². The van der Waals surface area contributed by atoms with Gasteiger partial charge in [0, 0.05) is 18.3 Å². The molecule has 102 valence electrons. The molecule has 3 rings (SSSR count). The molecule has 0 radical (unpaired) electrons. The van der Waals surface area contributed by atoms with E-state index in [1.165, 1.54) is 0 Å². The van der Waals surface area contributed by atoms with E-state index in [1.807, 2.05) is 37.3 Å². The van der Waals surface area contributed by atoms with E-state index in [9.17, 15) is 15.0 Å². The number of aromatic nitrogens is 1. The van der Waals surface area contributed by atoms with E-state index in [0.717, 1.165) is 22.4 Å². The normalized spacial score (nSPS) is 16.9. The summed E-state index contributed by atoms with van der Waals surface area (Å²) in [5.41, 5.74) is 4.28. The summed E-state index contributed by atoms with van der Waals surface area (Å²) >= 11 is 0. The Labute approximate surface area is 116 Å².